The molecule has 3 rings (SSSR count). The summed E-state index contributed by atoms with van der Waals surface area (Å²) in [5, 5.41) is 3.45. The third kappa shape index (κ3) is 6.92. The van der Waals surface area contributed by atoms with Crippen LogP contribution in [0.2, 0.25) is 0 Å². The number of nitrogens with zero attached hydrogens (tertiary/aromatic N) is 2. The van der Waals surface area contributed by atoms with Gasteiger partial charge >= 0.3 is 0 Å². The maximum atomic E-state index is 12.3. The lowest BCUT2D eigenvalue weighted by Gasteiger charge is -2.45. The summed E-state index contributed by atoms with van der Waals surface area (Å²) in [7, 11) is 1.01. The molecule has 1 heterocycles. The molecule has 1 aliphatic carbocycles. The Morgan fingerprint density at radius 3 is 2.70 bits per heavy atom. The first-order chi connectivity index (χ1) is 12.7. The van der Waals surface area contributed by atoms with E-state index in [0.29, 0.717) is 22.8 Å². The average molecular weight is 522 g/mol. The van der Waals surface area contributed by atoms with Crippen molar-refractivity contribution in [1.29, 1.82) is 0 Å². The number of aliphatic imine (C=N–C) groups is 1. The fourth-order valence-corrected chi connectivity index (χ4v) is 6.57. The zero-order valence-corrected chi connectivity index (χ0v) is 20.2. The maximum absolute atomic E-state index is 12.3. The molecule has 0 bridgehead atoms. The molecule has 1 atom stereocenters. The summed E-state index contributed by atoms with van der Waals surface area (Å²) in [6.07, 6.45) is 6.80. The van der Waals surface area contributed by atoms with Gasteiger partial charge in [0.1, 0.15) is 0 Å². The van der Waals surface area contributed by atoms with E-state index in [4.69, 9.17) is 0 Å². The maximum Gasteiger partial charge on any atom is 0.193 e. The first-order valence-electron chi connectivity index (χ1n) is 9.69. The molecule has 0 amide bonds. The Morgan fingerprint density at radius 2 is 2.00 bits per heavy atom. The summed E-state index contributed by atoms with van der Waals surface area (Å²) < 4.78 is 12.7. The predicted molar refractivity (Wildman–Crippen MR) is 130 cm³/mol. The van der Waals surface area contributed by atoms with Gasteiger partial charge in [-0.3, -0.25) is 9.20 Å². The second-order valence-electron chi connectivity index (χ2n) is 7.26. The van der Waals surface area contributed by atoms with Crippen LogP contribution in [-0.2, 0) is 16.6 Å². The minimum Gasteiger partial charge on any atom is -0.355 e. The van der Waals surface area contributed by atoms with Gasteiger partial charge in [-0.15, -0.1) is 24.0 Å². The monoisotopic (exact) mass is 521 g/mol. The molecule has 152 valence electrons. The first kappa shape index (κ1) is 23.0. The van der Waals surface area contributed by atoms with E-state index >= 15 is 0 Å². The van der Waals surface area contributed by atoms with Crippen molar-refractivity contribution in [3.8, 4) is 0 Å². The Hall–Kier alpha value is -0.280. The molecule has 4 nitrogen and oxygen atoms in total. The standard InChI is InChI=1S/C20H31N3OS2.HI/c1-21-19(22-12-15-26(24)16-18-8-4-2-5-9-18)23-13-14-25-20(17-23)10-6-3-7-11-20;/h2,4-5,8-9H,3,6-7,10-17H2,1H3,(H,21,22);1H. The highest BCUT2D eigenvalue weighted by atomic mass is 127. The van der Waals surface area contributed by atoms with Crippen molar-refractivity contribution < 1.29 is 4.21 Å². The van der Waals surface area contributed by atoms with Crippen LogP contribution in [0.25, 0.3) is 0 Å². The Kier molecular flexibility index (Phi) is 9.93. The van der Waals surface area contributed by atoms with Crippen molar-refractivity contribution in [1.82, 2.24) is 10.2 Å². The third-order valence-corrected chi connectivity index (χ3v) is 8.16. The molecule has 1 saturated heterocycles. The Bertz CT molecular complexity index is 615. The van der Waals surface area contributed by atoms with Crippen LogP contribution in [0.15, 0.2) is 35.3 Å². The Morgan fingerprint density at radius 1 is 1.26 bits per heavy atom. The van der Waals surface area contributed by atoms with Crippen LogP contribution >= 0.6 is 35.7 Å². The van der Waals surface area contributed by atoms with E-state index in [2.05, 4.69) is 27.0 Å². The molecule has 1 aliphatic heterocycles. The van der Waals surface area contributed by atoms with Crippen LogP contribution in [0, 0.1) is 0 Å². The molecule has 1 saturated carbocycles. The van der Waals surface area contributed by atoms with Crippen molar-refractivity contribution in [2.75, 3.05) is 38.2 Å². The molecule has 0 aromatic heterocycles. The summed E-state index contributed by atoms with van der Waals surface area (Å²) in [4.78, 5) is 6.91. The van der Waals surface area contributed by atoms with Gasteiger partial charge in [0.15, 0.2) is 5.96 Å². The lowest BCUT2D eigenvalue weighted by Crippen LogP contribution is -2.53. The number of nitrogens with one attached hydrogen (secondary N) is 1. The molecule has 2 aliphatic rings. The zero-order chi connectivity index (χ0) is 18.2. The summed E-state index contributed by atoms with van der Waals surface area (Å²) in [5.41, 5.74) is 1.14. The molecular formula is C20H32IN3OS2. The zero-order valence-electron chi connectivity index (χ0n) is 16.2. The fourth-order valence-electron chi connectivity index (χ4n) is 3.97. The molecular weight excluding hydrogens is 489 g/mol. The SMILES string of the molecule is CN=C(NCCS(=O)Cc1ccccc1)N1CCSC2(CCCCC2)C1.I. The van der Waals surface area contributed by atoms with Gasteiger partial charge in [0.05, 0.1) is 0 Å². The van der Waals surface area contributed by atoms with Crippen molar-refractivity contribution in [2.45, 2.75) is 42.6 Å². The van der Waals surface area contributed by atoms with Crippen LogP contribution in [0.5, 0.6) is 0 Å². The van der Waals surface area contributed by atoms with Gasteiger partial charge in [-0.05, 0) is 18.4 Å². The largest absolute Gasteiger partial charge is 0.355 e. The second-order valence-corrected chi connectivity index (χ2v) is 10.4. The summed E-state index contributed by atoms with van der Waals surface area (Å²) >= 11 is 2.18. The number of thioether (sulfide) groups is 1. The van der Waals surface area contributed by atoms with E-state index in [9.17, 15) is 4.21 Å². The van der Waals surface area contributed by atoms with E-state index < -0.39 is 10.8 Å². The van der Waals surface area contributed by atoms with Gasteiger partial charge < -0.3 is 10.2 Å². The van der Waals surface area contributed by atoms with Gasteiger partial charge in [-0.1, -0.05) is 49.6 Å². The van der Waals surface area contributed by atoms with Gasteiger partial charge in [0, 0.05) is 59.5 Å². The number of hydrogen-bond donors (Lipinski definition) is 1. The molecule has 1 N–H and O–H groups in total. The van der Waals surface area contributed by atoms with Crippen LogP contribution in [-0.4, -0.2) is 58.0 Å². The summed E-state index contributed by atoms with van der Waals surface area (Å²) in [5.74, 6) is 3.44. The minimum atomic E-state index is -0.845. The van der Waals surface area contributed by atoms with Crippen LogP contribution < -0.4 is 5.32 Å². The van der Waals surface area contributed by atoms with Crippen molar-refractivity contribution in [2.24, 2.45) is 4.99 Å². The highest BCUT2D eigenvalue weighted by Gasteiger charge is 2.38. The molecule has 1 aromatic rings. The molecule has 2 fully saturated rings. The Balaban J connectivity index is 0.00000261. The minimum absolute atomic E-state index is 0. The van der Waals surface area contributed by atoms with E-state index in [0.717, 1.165) is 24.6 Å². The number of guanidine groups is 1. The summed E-state index contributed by atoms with van der Waals surface area (Å²) in [6, 6.07) is 10.1. The van der Waals surface area contributed by atoms with E-state index in [1.807, 2.05) is 37.4 Å². The van der Waals surface area contributed by atoms with Crippen LogP contribution in [0.4, 0.5) is 0 Å². The lowest BCUT2D eigenvalue weighted by molar-refractivity contribution is 0.293. The quantitative estimate of drug-likeness (QED) is 0.363. The van der Waals surface area contributed by atoms with Crippen molar-refractivity contribution in [3.05, 3.63) is 35.9 Å². The number of hydrogen-bond acceptors (Lipinski definition) is 3. The fraction of sp³-hybridized carbons (Fsp3) is 0.650. The van der Waals surface area contributed by atoms with Crippen molar-refractivity contribution in [3.63, 3.8) is 0 Å². The molecule has 27 heavy (non-hydrogen) atoms. The summed E-state index contributed by atoms with van der Waals surface area (Å²) in [6.45, 7) is 2.87. The lowest BCUT2D eigenvalue weighted by atomic mass is 9.87. The van der Waals surface area contributed by atoms with Crippen LogP contribution in [0.1, 0.15) is 37.7 Å². The van der Waals surface area contributed by atoms with Crippen LogP contribution in [0.3, 0.4) is 0 Å². The van der Waals surface area contributed by atoms with Gasteiger partial charge in [0.2, 0.25) is 0 Å². The van der Waals surface area contributed by atoms with Crippen molar-refractivity contribution >= 4 is 52.5 Å². The molecule has 1 aromatic carbocycles. The third-order valence-electron chi connectivity index (χ3n) is 5.31. The van der Waals surface area contributed by atoms with E-state index in [1.165, 1.54) is 37.9 Å². The van der Waals surface area contributed by atoms with E-state index in [1.54, 1.807) is 0 Å². The molecule has 0 radical (unpaired) electrons. The highest BCUT2D eigenvalue weighted by molar-refractivity contribution is 14.0. The van der Waals surface area contributed by atoms with Gasteiger partial charge in [-0.2, -0.15) is 11.8 Å². The number of rotatable bonds is 5. The second kappa shape index (κ2) is 11.7. The average Bonchev–Trinajstić information content (AvgIpc) is 2.67. The van der Waals surface area contributed by atoms with E-state index in [-0.39, 0.29) is 24.0 Å². The number of benzene rings is 1. The van der Waals surface area contributed by atoms with Gasteiger partial charge in [-0.25, -0.2) is 0 Å². The molecule has 7 heteroatoms. The predicted octanol–water partition coefficient (Wildman–Crippen LogP) is 3.88. The first-order valence-corrected chi connectivity index (χ1v) is 12.2. The smallest absolute Gasteiger partial charge is 0.193 e. The molecule has 1 unspecified atom stereocenters. The molecule has 1 spiro atoms. The highest BCUT2D eigenvalue weighted by Crippen LogP contribution is 2.42. The Labute approximate surface area is 187 Å². The topological polar surface area (TPSA) is 44.7 Å². The van der Waals surface area contributed by atoms with Gasteiger partial charge in [0.25, 0.3) is 0 Å². The normalized spacial score (nSPS) is 20.8. The number of halogens is 1.